The van der Waals surface area contributed by atoms with Crippen LogP contribution in [0.3, 0.4) is 0 Å². The lowest BCUT2D eigenvalue weighted by atomic mass is 10.4. The fourth-order valence-corrected chi connectivity index (χ4v) is 1.50. The molecule has 0 aliphatic rings. The van der Waals surface area contributed by atoms with Crippen LogP contribution in [-0.4, -0.2) is 53.6 Å². The van der Waals surface area contributed by atoms with Crippen LogP contribution >= 0.6 is 11.8 Å². The molecular formula is C10H18N2O3S. The molecule has 0 aromatic heterocycles. The van der Waals surface area contributed by atoms with E-state index in [4.69, 9.17) is 5.11 Å². The zero-order valence-electron chi connectivity index (χ0n) is 9.44. The van der Waals surface area contributed by atoms with E-state index in [0.29, 0.717) is 6.54 Å². The van der Waals surface area contributed by atoms with Gasteiger partial charge >= 0.3 is 12.0 Å². The molecule has 0 aliphatic carbocycles. The molecule has 0 unspecified atom stereocenters. The average molecular weight is 246 g/mol. The quantitative estimate of drug-likeness (QED) is 0.495. The molecule has 92 valence electrons. The maximum atomic E-state index is 11.5. The van der Waals surface area contributed by atoms with Gasteiger partial charge in [-0.05, 0) is 18.4 Å². The van der Waals surface area contributed by atoms with Gasteiger partial charge in [0.25, 0.3) is 0 Å². The van der Waals surface area contributed by atoms with E-state index in [0.717, 1.165) is 12.2 Å². The van der Waals surface area contributed by atoms with Crippen molar-refractivity contribution in [1.29, 1.82) is 0 Å². The highest BCUT2D eigenvalue weighted by atomic mass is 32.2. The fourth-order valence-electron chi connectivity index (χ4n) is 1.06. The summed E-state index contributed by atoms with van der Waals surface area (Å²) in [6.07, 6.45) is 4.38. The van der Waals surface area contributed by atoms with Crippen molar-refractivity contribution in [2.24, 2.45) is 0 Å². The first-order chi connectivity index (χ1) is 7.61. The number of carbonyl (C=O) groups is 2. The molecule has 0 fully saturated rings. The Kier molecular flexibility index (Phi) is 8.42. The first kappa shape index (κ1) is 14.8. The minimum absolute atomic E-state index is 0.237. The summed E-state index contributed by atoms with van der Waals surface area (Å²) in [5.41, 5.74) is 0. The van der Waals surface area contributed by atoms with E-state index in [1.807, 2.05) is 6.26 Å². The van der Waals surface area contributed by atoms with E-state index >= 15 is 0 Å². The summed E-state index contributed by atoms with van der Waals surface area (Å²) in [5.74, 6) is -0.0539. The summed E-state index contributed by atoms with van der Waals surface area (Å²) < 4.78 is 0. The van der Waals surface area contributed by atoms with E-state index in [-0.39, 0.29) is 19.1 Å². The second-order valence-electron chi connectivity index (χ2n) is 3.14. The molecule has 2 N–H and O–H groups in total. The number of hydrogen-bond acceptors (Lipinski definition) is 3. The summed E-state index contributed by atoms with van der Waals surface area (Å²) in [7, 11) is 0. The molecule has 0 bridgehead atoms. The molecule has 0 radical (unpaired) electrons. The van der Waals surface area contributed by atoms with E-state index < -0.39 is 5.97 Å². The Morgan fingerprint density at radius 2 is 2.25 bits per heavy atom. The number of carboxylic acids is 1. The molecule has 2 amide bonds. The Labute approximate surface area is 99.9 Å². The molecule has 0 heterocycles. The lowest BCUT2D eigenvalue weighted by Crippen LogP contribution is -2.43. The highest BCUT2D eigenvalue weighted by Gasteiger charge is 2.14. The number of thioether (sulfide) groups is 1. The zero-order valence-corrected chi connectivity index (χ0v) is 10.3. The Bertz CT molecular complexity index is 246. The predicted molar refractivity (Wildman–Crippen MR) is 65.8 cm³/mol. The van der Waals surface area contributed by atoms with Gasteiger partial charge in [-0.2, -0.15) is 11.8 Å². The number of urea groups is 1. The largest absolute Gasteiger partial charge is 0.480 e. The predicted octanol–water partition coefficient (Wildman–Crippen LogP) is 1.02. The highest BCUT2D eigenvalue weighted by molar-refractivity contribution is 7.98. The normalized spacial score (nSPS) is 9.56. The summed E-state index contributed by atoms with van der Waals surface area (Å²) in [5, 5.41) is 11.3. The van der Waals surface area contributed by atoms with Crippen LogP contribution in [0.1, 0.15) is 6.42 Å². The molecule has 0 spiro atoms. The summed E-state index contributed by atoms with van der Waals surface area (Å²) >= 11 is 1.71. The van der Waals surface area contributed by atoms with Crippen molar-refractivity contribution in [2.45, 2.75) is 6.42 Å². The Hall–Kier alpha value is -1.17. The van der Waals surface area contributed by atoms with Gasteiger partial charge in [0, 0.05) is 13.1 Å². The van der Waals surface area contributed by atoms with Crippen molar-refractivity contribution in [3.63, 3.8) is 0 Å². The summed E-state index contributed by atoms with van der Waals surface area (Å²) in [6.45, 7) is 3.98. The number of nitrogens with zero attached hydrogens (tertiary/aromatic N) is 1. The number of aliphatic carboxylic acids is 1. The van der Waals surface area contributed by atoms with Crippen LogP contribution in [-0.2, 0) is 4.79 Å². The Balaban J connectivity index is 3.96. The van der Waals surface area contributed by atoms with Gasteiger partial charge in [-0.15, -0.1) is 6.58 Å². The summed E-state index contributed by atoms with van der Waals surface area (Å²) in [6, 6.07) is -0.358. The number of carbonyl (C=O) groups excluding carboxylic acids is 1. The van der Waals surface area contributed by atoms with Crippen LogP contribution in [0.15, 0.2) is 12.7 Å². The Morgan fingerprint density at radius 3 is 2.75 bits per heavy atom. The fraction of sp³-hybridized carbons (Fsp3) is 0.600. The molecule has 0 aromatic carbocycles. The van der Waals surface area contributed by atoms with Crippen LogP contribution in [0.4, 0.5) is 4.79 Å². The van der Waals surface area contributed by atoms with E-state index in [2.05, 4.69) is 11.9 Å². The van der Waals surface area contributed by atoms with E-state index in [9.17, 15) is 9.59 Å². The standard InChI is InChI=1S/C10H18N2O3S/c1-3-6-12(8-9(13)14)10(15)11-5-4-7-16-2/h3H,1,4-8H2,2H3,(H,11,15)(H,13,14). The number of amides is 2. The first-order valence-electron chi connectivity index (χ1n) is 4.96. The molecule has 0 saturated carbocycles. The monoisotopic (exact) mass is 246 g/mol. The molecular weight excluding hydrogens is 228 g/mol. The van der Waals surface area contributed by atoms with Crippen molar-refractivity contribution in [1.82, 2.24) is 10.2 Å². The maximum Gasteiger partial charge on any atom is 0.323 e. The molecule has 16 heavy (non-hydrogen) atoms. The van der Waals surface area contributed by atoms with E-state index in [1.54, 1.807) is 11.8 Å². The first-order valence-corrected chi connectivity index (χ1v) is 6.35. The topological polar surface area (TPSA) is 69.6 Å². The lowest BCUT2D eigenvalue weighted by Gasteiger charge is -2.19. The number of carboxylic acid groups (broad SMARTS) is 1. The van der Waals surface area contributed by atoms with Crippen LogP contribution in [0.5, 0.6) is 0 Å². The van der Waals surface area contributed by atoms with Gasteiger partial charge in [-0.1, -0.05) is 6.08 Å². The van der Waals surface area contributed by atoms with Crippen LogP contribution in [0.25, 0.3) is 0 Å². The molecule has 0 aromatic rings. The van der Waals surface area contributed by atoms with Crippen LogP contribution in [0.2, 0.25) is 0 Å². The molecule has 0 saturated heterocycles. The third-order valence-electron chi connectivity index (χ3n) is 1.76. The average Bonchev–Trinajstić information content (AvgIpc) is 2.23. The molecule has 0 atom stereocenters. The van der Waals surface area contributed by atoms with Gasteiger partial charge in [-0.3, -0.25) is 4.79 Å². The third-order valence-corrected chi connectivity index (χ3v) is 2.46. The summed E-state index contributed by atoms with van der Waals surface area (Å²) in [4.78, 5) is 23.2. The second-order valence-corrected chi connectivity index (χ2v) is 4.13. The number of nitrogens with one attached hydrogen (secondary N) is 1. The SMILES string of the molecule is C=CCN(CC(=O)O)C(=O)NCCCSC. The number of hydrogen-bond donors (Lipinski definition) is 2. The Morgan fingerprint density at radius 1 is 1.56 bits per heavy atom. The van der Waals surface area contributed by atoms with Gasteiger partial charge in [0.15, 0.2) is 0 Å². The van der Waals surface area contributed by atoms with Crippen LogP contribution in [0, 0.1) is 0 Å². The van der Waals surface area contributed by atoms with Crippen LogP contribution < -0.4 is 5.32 Å². The second kappa shape index (κ2) is 9.08. The van der Waals surface area contributed by atoms with Gasteiger partial charge < -0.3 is 15.3 Å². The van der Waals surface area contributed by atoms with Gasteiger partial charge in [0.1, 0.15) is 6.54 Å². The minimum Gasteiger partial charge on any atom is -0.480 e. The third kappa shape index (κ3) is 7.17. The number of rotatable bonds is 8. The minimum atomic E-state index is -1.03. The van der Waals surface area contributed by atoms with E-state index in [1.165, 1.54) is 11.0 Å². The van der Waals surface area contributed by atoms with Gasteiger partial charge in [0.2, 0.25) is 0 Å². The van der Waals surface area contributed by atoms with Gasteiger partial charge in [-0.25, -0.2) is 4.79 Å². The molecule has 0 rings (SSSR count). The zero-order chi connectivity index (χ0) is 12.4. The maximum absolute atomic E-state index is 11.5. The van der Waals surface area contributed by atoms with Crippen molar-refractivity contribution >= 4 is 23.8 Å². The molecule has 0 aliphatic heterocycles. The van der Waals surface area contributed by atoms with Crippen molar-refractivity contribution in [3.8, 4) is 0 Å². The molecule has 6 heteroatoms. The van der Waals surface area contributed by atoms with Gasteiger partial charge in [0.05, 0.1) is 0 Å². The van der Waals surface area contributed by atoms with Crippen molar-refractivity contribution in [3.05, 3.63) is 12.7 Å². The van der Waals surface area contributed by atoms with Crippen molar-refractivity contribution in [2.75, 3.05) is 31.6 Å². The highest BCUT2D eigenvalue weighted by Crippen LogP contribution is 1.95. The smallest absolute Gasteiger partial charge is 0.323 e. The van der Waals surface area contributed by atoms with Crippen molar-refractivity contribution < 1.29 is 14.7 Å². The molecule has 5 nitrogen and oxygen atoms in total. The lowest BCUT2D eigenvalue weighted by molar-refractivity contribution is -0.137.